The predicted octanol–water partition coefficient (Wildman–Crippen LogP) is 2.60. The number of hydrogen-bond donors (Lipinski definition) is 3. The fourth-order valence-electron chi connectivity index (χ4n) is 3.49. The maximum atomic E-state index is 13.7. The van der Waals surface area contributed by atoms with Crippen LogP contribution in [0.25, 0.3) is 0 Å². The molecule has 198 valence electrons. The van der Waals surface area contributed by atoms with Gasteiger partial charge in [0.25, 0.3) is 5.91 Å². The molecule has 9 nitrogen and oxygen atoms in total. The molecule has 0 aliphatic heterocycles. The Kier molecular flexibility index (Phi) is 10.5. The van der Waals surface area contributed by atoms with Crippen molar-refractivity contribution in [2.24, 2.45) is 5.73 Å². The van der Waals surface area contributed by atoms with Crippen molar-refractivity contribution in [2.75, 3.05) is 0 Å². The maximum Gasteiger partial charge on any atom is 0.408 e. The molecule has 0 aliphatic carbocycles. The Morgan fingerprint density at radius 3 is 2.18 bits per heavy atom. The lowest BCUT2D eigenvalue weighted by Gasteiger charge is -2.30. The van der Waals surface area contributed by atoms with Crippen molar-refractivity contribution < 1.29 is 23.9 Å². The zero-order valence-corrected chi connectivity index (χ0v) is 21.7. The van der Waals surface area contributed by atoms with Gasteiger partial charge in [0.1, 0.15) is 17.7 Å². The first-order valence-corrected chi connectivity index (χ1v) is 11.9. The van der Waals surface area contributed by atoms with Gasteiger partial charge in [0, 0.05) is 24.6 Å². The van der Waals surface area contributed by atoms with E-state index in [2.05, 4.69) is 22.6 Å². The van der Waals surface area contributed by atoms with Crippen LogP contribution in [-0.4, -0.2) is 40.4 Å². The van der Waals surface area contributed by atoms with E-state index in [0.29, 0.717) is 11.1 Å². The van der Waals surface area contributed by atoms with Crippen molar-refractivity contribution in [1.29, 1.82) is 0 Å². The molecule has 2 atom stereocenters. The molecular weight excluding hydrogens is 484 g/mol. The molecule has 0 saturated heterocycles. The number of nitrogens with two attached hydrogens (primary N) is 1. The third-order valence-electron chi connectivity index (χ3n) is 5.25. The average molecular weight is 517 g/mol. The van der Waals surface area contributed by atoms with E-state index in [9.17, 15) is 19.2 Å². The molecule has 0 bridgehead atoms. The van der Waals surface area contributed by atoms with E-state index in [0.717, 1.165) is 10.5 Å². The number of carbonyl (C=O) groups excluding carboxylic acids is 4. The van der Waals surface area contributed by atoms with Gasteiger partial charge >= 0.3 is 6.09 Å². The van der Waals surface area contributed by atoms with Crippen molar-refractivity contribution in [3.05, 3.63) is 71.3 Å². The second kappa shape index (κ2) is 13.5. The van der Waals surface area contributed by atoms with Gasteiger partial charge in [0.2, 0.25) is 11.8 Å². The van der Waals surface area contributed by atoms with Crippen LogP contribution in [-0.2, 0) is 25.7 Å². The fraction of sp³-hybridized carbons (Fsp3) is 0.310. The molecule has 9 heteroatoms. The number of terminal acetylenes is 2. The van der Waals surface area contributed by atoms with Crippen LogP contribution >= 0.6 is 0 Å². The number of amides is 4. The minimum atomic E-state index is -1.29. The molecule has 38 heavy (non-hydrogen) atoms. The van der Waals surface area contributed by atoms with E-state index < -0.39 is 41.5 Å². The number of nitrogens with zero attached hydrogens (tertiary/aromatic N) is 1. The Morgan fingerprint density at radius 2 is 1.66 bits per heavy atom. The van der Waals surface area contributed by atoms with Crippen LogP contribution in [0.5, 0.6) is 0 Å². The highest BCUT2D eigenvalue weighted by Crippen LogP contribution is 2.23. The van der Waals surface area contributed by atoms with Gasteiger partial charge in [-0.2, -0.15) is 0 Å². The first-order valence-electron chi connectivity index (χ1n) is 11.9. The minimum Gasteiger partial charge on any atom is -0.444 e. The smallest absolute Gasteiger partial charge is 0.408 e. The van der Waals surface area contributed by atoms with Gasteiger partial charge in [0.15, 0.2) is 0 Å². The van der Waals surface area contributed by atoms with Crippen molar-refractivity contribution in [2.45, 2.75) is 57.8 Å². The molecule has 2 aromatic rings. The Morgan fingerprint density at radius 1 is 1.03 bits per heavy atom. The first kappa shape index (κ1) is 29.5. The minimum absolute atomic E-state index is 0.153. The summed E-state index contributed by atoms with van der Waals surface area (Å²) in [7, 11) is 0. The van der Waals surface area contributed by atoms with Crippen molar-refractivity contribution >= 4 is 23.8 Å². The zero-order chi connectivity index (χ0) is 28.3. The molecular formula is C29H32N4O5. The normalized spacial score (nSPS) is 12.1. The number of alkyl carbamates (subject to hydrolysis) is 1. The Balaban J connectivity index is 2.41. The summed E-state index contributed by atoms with van der Waals surface area (Å²) in [6.07, 6.45) is 9.94. The summed E-state index contributed by atoms with van der Waals surface area (Å²) in [5.41, 5.74) is 6.24. The average Bonchev–Trinajstić information content (AvgIpc) is 2.87. The summed E-state index contributed by atoms with van der Waals surface area (Å²) in [5.74, 6) is 0.469. The van der Waals surface area contributed by atoms with Gasteiger partial charge in [-0.05, 0) is 50.5 Å². The summed E-state index contributed by atoms with van der Waals surface area (Å²) in [6.45, 7) is 5.17. The van der Waals surface area contributed by atoms with Crippen LogP contribution in [0.1, 0.15) is 56.3 Å². The lowest BCUT2D eigenvalue weighted by atomic mass is 10.0. The fourth-order valence-corrected chi connectivity index (χ4v) is 3.49. The monoisotopic (exact) mass is 516 g/mol. The lowest BCUT2D eigenvalue weighted by molar-refractivity contribution is -0.139. The summed E-state index contributed by atoms with van der Waals surface area (Å²) >= 11 is 0. The number of carbonyl (C=O) groups is 4. The molecule has 2 unspecified atom stereocenters. The number of rotatable bonds is 10. The third-order valence-corrected chi connectivity index (χ3v) is 5.25. The van der Waals surface area contributed by atoms with Crippen molar-refractivity contribution in [1.82, 2.24) is 15.5 Å². The zero-order valence-electron chi connectivity index (χ0n) is 21.7. The molecule has 2 aromatic carbocycles. The van der Waals surface area contributed by atoms with Gasteiger partial charge in [-0.25, -0.2) is 4.79 Å². The van der Waals surface area contributed by atoms with Gasteiger partial charge in [-0.15, -0.1) is 6.42 Å². The molecule has 2 rings (SSSR count). The van der Waals surface area contributed by atoms with E-state index in [1.54, 1.807) is 45.0 Å². The quantitative estimate of drug-likeness (QED) is 0.330. The number of nitrogens with one attached hydrogen (secondary N) is 2. The van der Waals surface area contributed by atoms with Crippen molar-refractivity contribution in [3.8, 4) is 24.8 Å². The van der Waals surface area contributed by atoms with E-state index in [1.807, 2.05) is 30.3 Å². The van der Waals surface area contributed by atoms with Crippen LogP contribution in [0.2, 0.25) is 0 Å². The molecule has 4 amide bonds. The molecule has 0 heterocycles. The van der Waals surface area contributed by atoms with Gasteiger partial charge in [-0.1, -0.05) is 54.8 Å². The number of hydrogen-bond acceptors (Lipinski definition) is 5. The van der Waals surface area contributed by atoms with E-state index in [4.69, 9.17) is 23.3 Å². The Bertz CT molecular complexity index is 1220. The molecule has 0 aromatic heterocycles. The predicted molar refractivity (Wildman–Crippen MR) is 143 cm³/mol. The molecule has 0 aliphatic rings. The molecule has 0 radical (unpaired) electrons. The van der Waals surface area contributed by atoms with Gasteiger partial charge in [-0.3, -0.25) is 19.3 Å². The number of benzene rings is 2. The van der Waals surface area contributed by atoms with Gasteiger partial charge in [0.05, 0.1) is 0 Å². The second-order valence-corrected chi connectivity index (χ2v) is 9.41. The summed E-state index contributed by atoms with van der Waals surface area (Å²) in [4.78, 5) is 51.9. The standard InChI is InChI=1S/C29H32N4O5/c1-6-20-13-15-22(16-14-20)25(26(35)31-19-21-11-9-8-10-12-21)33(7-2)27(36)23(17-18-24(30)34)32-28(37)38-29(3,4)5/h1-2,8-16,23,25H,17-19H2,3-5H3,(H2,30,34)(H,31,35)(H,32,37). The molecule has 0 spiro atoms. The highest BCUT2D eigenvalue weighted by atomic mass is 16.6. The third kappa shape index (κ3) is 9.03. The van der Waals surface area contributed by atoms with Gasteiger partial charge < -0.3 is 21.1 Å². The molecule has 0 fully saturated rings. The number of ether oxygens (including phenoxy) is 1. The topological polar surface area (TPSA) is 131 Å². The Hall–Kier alpha value is -4.76. The van der Waals surface area contributed by atoms with E-state index in [1.165, 1.54) is 0 Å². The van der Waals surface area contributed by atoms with Crippen LogP contribution in [0.15, 0.2) is 54.6 Å². The highest BCUT2D eigenvalue weighted by molar-refractivity contribution is 5.93. The van der Waals surface area contributed by atoms with Crippen LogP contribution < -0.4 is 16.4 Å². The number of primary amides is 1. The van der Waals surface area contributed by atoms with E-state index in [-0.39, 0.29) is 19.4 Å². The SMILES string of the molecule is C#Cc1ccc(C(C(=O)NCc2ccccc2)N(C#C)C(=O)C(CCC(N)=O)NC(=O)OC(C)(C)C)cc1. The molecule has 4 N–H and O–H groups in total. The van der Waals surface area contributed by atoms with Crippen LogP contribution in [0.4, 0.5) is 4.79 Å². The Labute approximate surface area is 223 Å². The largest absolute Gasteiger partial charge is 0.444 e. The summed E-state index contributed by atoms with van der Waals surface area (Å²) in [6, 6.07) is 15.3. The van der Waals surface area contributed by atoms with Crippen LogP contribution in [0, 0.1) is 24.8 Å². The van der Waals surface area contributed by atoms with Crippen LogP contribution in [0.3, 0.4) is 0 Å². The first-order chi connectivity index (χ1) is 17.9. The second-order valence-electron chi connectivity index (χ2n) is 9.41. The molecule has 0 saturated carbocycles. The summed E-state index contributed by atoms with van der Waals surface area (Å²) < 4.78 is 5.26. The lowest BCUT2D eigenvalue weighted by Crippen LogP contribution is -2.51. The van der Waals surface area contributed by atoms with Crippen molar-refractivity contribution in [3.63, 3.8) is 0 Å². The highest BCUT2D eigenvalue weighted by Gasteiger charge is 2.36. The summed E-state index contributed by atoms with van der Waals surface area (Å²) in [5, 5.41) is 5.25. The maximum absolute atomic E-state index is 13.7. The van der Waals surface area contributed by atoms with E-state index >= 15 is 0 Å².